The Balaban J connectivity index is 2.16. The van der Waals surface area contributed by atoms with Crippen LogP contribution in [0.1, 0.15) is 31.4 Å². The van der Waals surface area contributed by atoms with Crippen molar-refractivity contribution in [1.29, 1.82) is 0 Å². The van der Waals surface area contributed by atoms with Crippen LogP contribution in [0.2, 0.25) is 0 Å². The Morgan fingerprint density at radius 3 is 2.79 bits per heavy atom. The standard InChI is InChI=1S/C13H17N5O/c1-9(2)18-7-6-15-12(13(18)19)16-8-11-4-5-14-10(3)17-11/h4-7,9H,8H2,1-3H3,(H,15,16). The quantitative estimate of drug-likeness (QED) is 0.901. The van der Waals surface area contributed by atoms with Crippen molar-refractivity contribution in [3.63, 3.8) is 0 Å². The Bertz CT molecular complexity index is 620. The summed E-state index contributed by atoms with van der Waals surface area (Å²) in [6.45, 7) is 6.20. The number of aryl methyl sites for hydroxylation is 1. The Labute approximate surface area is 111 Å². The minimum absolute atomic E-state index is 0.109. The van der Waals surface area contributed by atoms with E-state index in [1.807, 2.05) is 26.8 Å². The van der Waals surface area contributed by atoms with Gasteiger partial charge in [0.25, 0.3) is 5.56 Å². The van der Waals surface area contributed by atoms with Crippen LogP contribution in [0.25, 0.3) is 0 Å². The van der Waals surface area contributed by atoms with Crippen molar-refractivity contribution in [2.45, 2.75) is 33.4 Å². The third kappa shape index (κ3) is 3.15. The Kier molecular flexibility index (Phi) is 3.89. The number of aromatic nitrogens is 4. The van der Waals surface area contributed by atoms with Gasteiger partial charge >= 0.3 is 0 Å². The highest BCUT2D eigenvalue weighted by atomic mass is 16.1. The lowest BCUT2D eigenvalue weighted by molar-refractivity contribution is 0.575. The summed E-state index contributed by atoms with van der Waals surface area (Å²) in [5.41, 5.74) is 0.705. The van der Waals surface area contributed by atoms with Gasteiger partial charge in [0.2, 0.25) is 0 Å². The van der Waals surface area contributed by atoms with Crippen LogP contribution >= 0.6 is 0 Å². The molecule has 0 aliphatic carbocycles. The lowest BCUT2D eigenvalue weighted by atomic mass is 10.3. The Hall–Kier alpha value is -2.24. The topological polar surface area (TPSA) is 72.7 Å². The van der Waals surface area contributed by atoms with Gasteiger partial charge in [0.05, 0.1) is 12.2 Å². The fraction of sp³-hybridized carbons (Fsp3) is 0.385. The first-order valence-electron chi connectivity index (χ1n) is 6.17. The number of nitrogens with one attached hydrogen (secondary N) is 1. The molecule has 19 heavy (non-hydrogen) atoms. The van der Waals surface area contributed by atoms with Gasteiger partial charge in [-0.05, 0) is 26.8 Å². The van der Waals surface area contributed by atoms with Gasteiger partial charge in [-0.2, -0.15) is 0 Å². The zero-order valence-corrected chi connectivity index (χ0v) is 11.3. The van der Waals surface area contributed by atoms with E-state index in [0.29, 0.717) is 18.2 Å². The van der Waals surface area contributed by atoms with E-state index in [9.17, 15) is 4.79 Å². The van der Waals surface area contributed by atoms with E-state index in [1.54, 1.807) is 23.2 Å². The van der Waals surface area contributed by atoms with Crippen LogP contribution in [0.3, 0.4) is 0 Å². The lowest BCUT2D eigenvalue weighted by Gasteiger charge is -2.11. The van der Waals surface area contributed by atoms with E-state index in [-0.39, 0.29) is 11.6 Å². The van der Waals surface area contributed by atoms with Crippen molar-refractivity contribution in [3.8, 4) is 0 Å². The molecule has 0 fully saturated rings. The molecule has 2 rings (SSSR count). The average molecular weight is 259 g/mol. The van der Waals surface area contributed by atoms with Crippen LogP contribution in [-0.4, -0.2) is 19.5 Å². The zero-order chi connectivity index (χ0) is 13.8. The Morgan fingerprint density at radius 2 is 2.11 bits per heavy atom. The first kappa shape index (κ1) is 13.2. The molecule has 0 saturated carbocycles. The average Bonchev–Trinajstić information content (AvgIpc) is 2.37. The first-order chi connectivity index (χ1) is 9.08. The smallest absolute Gasteiger partial charge is 0.293 e. The molecule has 0 unspecified atom stereocenters. The summed E-state index contributed by atoms with van der Waals surface area (Å²) < 4.78 is 1.64. The summed E-state index contributed by atoms with van der Waals surface area (Å²) >= 11 is 0. The third-order valence-corrected chi connectivity index (χ3v) is 2.69. The van der Waals surface area contributed by atoms with Gasteiger partial charge in [-0.1, -0.05) is 0 Å². The van der Waals surface area contributed by atoms with Crippen LogP contribution in [0, 0.1) is 6.92 Å². The summed E-state index contributed by atoms with van der Waals surface area (Å²) in [5.74, 6) is 1.05. The molecule has 2 heterocycles. The normalized spacial score (nSPS) is 10.7. The molecule has 1 N–H and O–H groups in total. The highest BCUT2D eigenvalue weighted by molar-refractivity contribution is 5.31. The molecule has 0 aliphatic rings. The minimum Gasteiger partial charge on any atom is -0.360 e. The van der Waals surface area contributed by atoms with E-state index in [4.69, 9.17) is 0 Å². The Morgan fingerprint density at radius 1 is 1.32 bits per heavy atom. The van der Waals surface area contributed by atoms with Crippen molar-refractivity contribution in [3.05, 3.63) is 46.5 Å². The maximum absolute atomic E-state index is 12.1. The molecule has 6 nitrogen and oxygen atoms in total. The number of anilines is 1. The van der Waals surface area contributed by atoms with Gasteiger partial charge in [0.1, 0.15) is 5.82 Å². The van der Waals surface area contributed by atoms with E-state index in [1.165, 1.54) is 0 Å². The summed E-state index contributed by atoms with van der Waals surface area (Å²) in [7, 11) is 0. The highest BCUT2D eigenvalue weighted by Crippen LogP contribution is 2.03. The number of hydrogen-bond donors (Lipinski definition) is 1. The van der Waals surface area contributed by atoms with Crippen LogP contribution in [0.15, 0.2) is 29.5 Å². The maximum atomic E-state index is 12.1. The third-order valence-electron chi connectivity index (χ3n) is 2.69. The number of hydrogen-bond acceptors (Lipinski definition) is 5. The van der Waals surface area contributed by atoms with Gasteiger partial charge in [0.15, 0.2) is 5.82 Å². The minimum atomic E-state index is -0.122. The van der Waals surface area contributed by atoms with E-state index in [0.717, 1.165) is 5.69 Å². The van der Waals surface area contributed by atoms with Crippen LogP contribution in [-0.2, 0) is 6.54 Å². The van der Waals surface area contributed by atoms with Crippen molar-refractivity contribution < 1.29 is 0 Å². The molecule has 0 saturated heterocycles. The largest absolute Gasteiger partial charge is 0.360 e. The van der Waals surface area contributed by atoms with Crippen LogP contribution in [0.4, 0.5) is 5.82 Å². The second-order valence-electron chi connectivity index (χ2n) is 4.53. The second-order valence-corrected chi connectivity index (χ2v) is 4.53. The molecular weight excluding hydrogens is 242 g/mol. The molecule has 0 amide bonds. The SMILES string of the molecule is Cc1nccc(CNc2nccn(C(C)C)c2=O)n1. The van der Waals surface area contributed by atoms with Crippen molar-refractivity contribution in [2.75, 3.05) is 5.32 Å². The molecule has 2 aromatic heterocycles. The molecule has 100 valence electrons. The maximum Gasteiger partial charge on any atom is 0.293 e. The predicted molar refractivity (Wildman–Crippen MR) is 73.0 cm³/mol. The molecule has 2 aromatic rings. The molecule has 0 aliphatic heterocycles. The second kappa shape index (κ2) is 5.60. The zero-order valence-electron chi connectivity index (χ0n) is 11.3. The summed E-state index contributed by atoms with van der Waals surface area (Å²) in [6.07, 6.45) is 5.01. The van der Waals surface area contributed by atoms with Crippen LogP contribution < -0.4 is 10.9 Å². The van der Waals surface area contributed by atoms with E-state index >= 15 is 0 Å². The van der Waals surface area contributed by atoms with Crippen LogP contribution in [0.5, 0.6) is 0 Å². The molecule has 0 radical (unpaired) electrons. The molecule has 0 spiro atoms. The monoisotopic (exact) mass is 259 g/mol. The summed E-state index contributed by atoms with van der Waals surface area (Å²) in [4.78, 5) is 24.5. The molecular formula is C13H17N5O. The van der Waals surface area contributed by atoms with E-state index in [2.05, 4.69) is 20.3 Å². The summed E-state index contributed by atoms with van der Waals surface area (Å²) in [6, 6.07) is 1.92. The first-order valence-corrected chi connectivity index (χ1v) is 6.17. The highest BCUT2D eigenvalue weighted by Gasteiger charge is 2.07. The molecule has 0 aromatic carbocycles. The van der Waals surface area contributed by atoms with Crippen molar-refractivity contribution in [1.82, 2.24) is 19.5 Å². The summed E-state index contributed by atoms with van der Waals surface area (Å²) in [5, 5.41) is 3.02. The molecule has 0 bridgehead atoms. The van der Waals surface area contributed by atoms with Gasteiger partial charge < -0.3 is 9.88 Å². The van der Waals surface area contributed by atoms with Gasteiger partial charge in [-0.15, -0.1) is 0 Å². The number of nitrogens with zero attached hydrogens (tertiary/aromatic N) is 4. The van der Waals surface area contributed by atoms with Crippen molar-refractivity contribution in [2.24, 2.45) is 0 Å². The predicted octanol–water partition coefficient (Wildman–Crippen LogP) is 1.53. The van der Waals surface area contributed by atoms with Gasteiger partial charge in [-0.25, -0.2) is 15.0 Å². The molecule has 0 atom stereocenters. The van der Waals surface area contributed by atoms with Gasteiger partial charge in [-0.3, -0.25) is 4.79 Å². The lowest BCUT2D eigenvalue weighted by Crippen LogP contribution is -2.25. The van der Waals surface area contributed by atoms with Gasteiger partial charge in [0, 0.05) is 24.6 Å². The fourth-order valence-corrected chi connectivity index (χ4v) is 1.73. The van der Waals surface area contributed by atoms with Crippen molar-refractivity contribution >= 4 is 5.82 Å². The number of rotatable bonds is 4. The fourth-order valence-electron chi connectivity index (χ4n) is 1.73. The molecule has 6 heteroatoms. The van der Waals surface area contributed by atoms with E-state index < -0.39 is 0 Å².